The van der Waals surface area contributed by atoms with Crippen molar-refractivity contribution in [2.45, 2.75) is 6.54 Å². The van der Waals surface area contributed by atoms with Gasteiger partial charge < -0.3 is 5.32 Å². The Kier molecular flexibility index (Phi) is 3.93. The first-order valence-corrected chi connectivity index (χ1v) is 8.28. The van der Waals surface area contributed by atoms with Crippen molar-refractivity contribution in [1.29, 1.82) is 0 Å². The molecule has 1 N–H and O–H groups in total. The number of pyridine rings is 2. The van der Waals surface area contributed by atoms with Gasteiger partial charge in [0.25, 0.3) is 5.56 Å². The highest BCUT2D eigenvalue weighted by Gasteiger charge is 2.16. The number of likely N-dealkylation sites (N-methyl/N-ethyl adjacent to an activating group) is 1. The predicted octanol–water partition coefficient (Wildman–Crippen LogP) is 2.13. The van der Waals surface area contributed by atoms with E-state index in [0.29, 0.717) is 21.6 Å². The molecule has 4 rings (SSSR count). The summed E-state index contributed by atoms with van der Waals surface area (Å²) in [7, 11) is 1.55. The smallest absolute Gasteiger partial charge is 0.284 e. The molecule has 0 unspecified atom stereocenters. The maximum absolute atomic E-state index is 13.1. The first kappa shape index (κ1) is 16.3. The van der Waals surface area contributed by atoms with Gasteiger partial charge in [-0.15, -0.1) is 0 Å². The number of fused-ring (bicyclic) bond motifs is 3. The molecule has 26 heavy (non-hydrogen) atoms. The Bertz CT molecular complexity index is 1200. The molecular formula is C18H14ClN5O2. The van der Waals surface area contributed by atoms with Gasteiger partial charge in [0, 0.05) is 35.2 Å². The standard InChI is InChI=1S/C18H14ClN5O2/c1-20-16(25)10-23-9-14-13-5-4-11(19)7-15(13)24(18(26)17(14)22-23)12-3-2-6-21-8-12/h2-9H,10H2,1H3,(H,20,25). The second-order valence-corrected chi connectivity index (χ2v) is 6.21. The zero-order valence-electron chi connectivity index (χ0n) is 13.8. The van der Waals surface area contributed by atoms with Crippen molar-refractivity contribution in [1.82, 2.24) is 24.6 Å². The van der Waals surface area contributed by atoms with Crippen molar-refractivity contribution >= 4 is 39.3 Å². The van der Waals surface area contributed by atoms with E-state index >= 15 is 0 Å². The number of nitrogens with one attached hydrogen (secondary N) is 1. The van der Waals surface area contributed by atoms with Crippen LogP contribution in [-0.2, 0) is 11.3 Å². The molecule has 1 aromatic carbocycles. The lowest BCUT2D eigenvalue weighted by molar-refractivity contribution is -0.121. The van der Waals surface area contributed by atoms with Gasteiger partial charge >= 0.3 is 0 Å². The van der Waals surface area contributed by atoms with E-state index in [0.717, 1.165) is 5.39 Å². The normalized spacial score (nSPS) is 11.2. The van der Waals surface area contributed by atoms with Gasteiger partial charge in [0.15, 0.2) is 5.52 Å². The quantitative estimate of drug-likeness (QED) is 0.601. The minimum absolute atomic E-state index is 0.0343. The molecule has 0 aliphatic carbocycles. The van der Waals surface area contributed by atoms with Gasteiger partial charge in [-0.25, -0.2) is 0 Å². The second-order valence-electron chi connectivity index (χ2n) is 5.78. The average Bonchev–Trinajstić information content (AvgIpc) is 3.06. The summed E-state index contributed by atoms with van der Waals surface area (Å²) >= 11 is 6.17. The average molecular weight is 368 g/mol. The number of halogens is 1. The molecule has 0 bridgehead atoms. The van der Waals surface area contributed by atoms with E-state index in [1.807, 2.05) is 6.07 Å². The molecule has 0 aliphatic heterocycles. The fourth-order valence-electron chi connectivity index (χ4n) is 2.96. The van der Waals surface area contributed by atoms with Crippen molar-refractivity contribution in [3.05, 3.63) is 64.3 Å². The second kappa shape index (κ2) is 6.27. The zero-order chi connectivity index (χ0) is 18.3. The van der Waals surface area contributed by atoms with Crippen LogP contribution in [0.25, 0.3) is 27.5 Å². The first-order chi connectivity index (χ1) is 12.6. The van der Waals surface area contributed by atoms with Gasteiger partial charge in [-0.05, 0) is 24.3 Å². The molecule has 130 valence electrons. The highest BCUT2D eigenvalue weighted by Crippen LogP contribution is 2.26. The van der Waals surface area contributed by atoms with E-state index in [-0.39, 0.29) is 23.5 Å². The summed E-state index contributed by atoms with van der Waals surface area (Å²) in [5.74, 6) is -0.197. The number of rotatable bonds is 3. The molecule has 4 aromatic rings. The number of benzene rings is 1. The van der Waals surface area contributed by atoms with Gasteiger partial charge in [-0.3, -0.25) is 23.8 Å². The van der Waals surface area contributed by atoms with Crippen LogP contribution in [0.2, 0.25) is 5.02 Å². The summed E-state index contributed by atoms with van der Waals surface area (Å²) in [5.41, 5.74) is 1.26. The van der Waals surface area contributed by atoms with Crippen molar-refractivity contribution in [2.75, 3.05) is 7.05 Å². The molecule has 8 heteroatoms. The summed E-state index contributed by atoms with van der Waals surface area (Å²) < 4.78 is 3.00. The van der Waals surface area contributed by atoms with Crippen molar-refractivity contribution < 1.29 is 4.79 Å². The SMILES string of the molecule is CNC(=O)Cn1cc2c(n1)c(=O)n(-c1cccnc1)c1cc(Cl)ccc21. The minimum atomic E-state index is -0.293. The fraction of sp³-hybridized carbons (Fsp3) is 0.111. The van der Waals surface area contributed by atoms with Gasteiger partial charge in [-0.1, -0.05) is 17.7 Å². The topological polar surface area (TPSA) is 81.8 Å². The van der Waals surface area contributed by atoms with Crippen molar-refractivity contribution in [3.63, 3.8) is 0 Å². The highest BCUT2D eigenvalue weighted by atomic mass is 35.5. The summed E-state index contributed by atoms with van der Waals surface area (Å²) in [5, 5.41) is 8.88. The summed E-state index contributed by atoms with van der Waals surface area (Å²) in [4.78, 5) is 28.9. The largest absolute Gasteiger partial charge is 0.358 e. The van der Waals surface area contributed by atoms with Crippen LogP contribution in [0.15, 0.2) is 53.7 Å². The van der Waals surface area contributed by atoms with Crippen LogP contribution < -0.4 is 10.9 Å². The Morgan fingerprint density at radius 1 is 1.27 bits per heavy atom. The van der Waals surface area contributed by atoms with Crippen LogP contribution in [0.5, 0.6) is 0 Å². The van der Waals surface area contributed by atoms with Crippen LogP contribution in [0.4, 0.5) is 0 Å². The van der Waals surface area contributed by atoms with E-state index in [1.165, 1.54) is 9.25 Å². The van der Waals surface area contributed by atoms with Crippen LogP contribution in [0.3, 0.4) is 0 Å². The van der Waals surface area contributed by atoms with Crippen LogP contribution in [-0.4, -0.2) is 32.3 Å². The molecule has 0 aliphatic rings. The molecule has 0 spiro atoms. The molecule has 1 amide bonds. The highest BCUT2D eigenvalue weighted by molar-refractivity contribution is 6.31. The Balaban J connectivity index is 2.09. The molecule has 0 radical (unpaired) electrons. The molecule has 3 aromatic heterocycles. The molecule has 0 saturated carbocycles. The number of aromatic nitrogens is 4. The van der Waals surface area contributed by atoms with Crippen molar-refractivity contribution in [3.8, 4) is 5.69 Å². The number of nitrogens with zero attached hydrogens (tertiary/aromatic N) is 4. The maximum Gasteiger partial charge on any atom is 0.284 e. The Morgan fingerprint density at radius 3 is 2.85 bits per heavy atom. The summed E-state index contributed by atoms with van der Waals surface area (Å²) in [6, 6.07) is 8.89. The van der Waals surface area contributed by atoms with Gasteiger partial charge in [-0.2, -0.15) is 5.10 Å². The Morgan fingerprint density at radius 2 is 2.12 bits per heavy atom. The number of amides is 1. The fourth-order valence-corrected chi connectivity index (χ4v) is 3.13. The number of hydrogen-bond acceptors (Lipinski definition) is 4. The van der Waals surface area contributed by atoms with Crippen LogP contribution in [0.1, 0.15) is 0 Å². The van der Waals surface area contributed by atoms with E-state index in [4.69, 9.17) is 11.6 Å². The summed E-state index contributed by atoms with van der Waals surface area (Å²) in [6.45, 7) is 0.0343. The van der Waals surface area contributed by atoms with E-state index in [1.54, 1.807) is 49.9 Å². The monoisotopic (exact) mass is 367 g/mol. The molecule has 0 atom stereocenters. The third-order valence-corrected chi connectivity index (χ3v) is 4.38. The van der Waals surface area contributed by atoms with E-state index < -0.39 is 0 Å². The zero-order valence-corrected chi connectivity index (χ0v) is 14.6. The lowest BCUT2D eigenvalue weighted by atomic mass is 10.1. The van der Waals surface area contributed by atoms with Crippen molar-refractivity contribution in [2.24, 2.45) is 0 Å². The lowest BCUT2D eigenvalue weighted by Crippen LogP contribution is -2.24. The van der Waals surface area contributed by atoms with E-state index in [2.05, 4.69) is 15.4 Å². The molecule has 3 heterocycles. The molecule has 0 saturated heterocycles. The van der Waals surface area contributed by atoms with Gasteiger partial charge in [0.1, 0.15) is 6.54 Å². The maximum atomic E-state index is 13.1. The van der Waals surface area contributed by atoms with E-state index in [9.17, 15) is 9.59 Å². The Hall–Kier alpha value is -3.19. The van der Waals surface area contributed by atoms with Crippen LogP contribution in [0, 0.1) is 0 Å². The number of carbonyl (C=O) groups is 1. The minimum Gasteiger partial charge on any atom is -0.358 e. The number of carbonyl (C=O) groups excluding carboxylic acids is 1. The number of hydrogen-bond donors (Lipinski definition) is 1. The Labute approximate surface area is 152 Å². The predicted molar refractivity (Wildman–Crippen MR) is 99.7 cm³/mol. The summed E-state index contributed by atoms with van der Waals surface area (Å²) in [6.07, 6.45) is 4.95. The third-order valence-electron chi connectivity index (χ3n) is 4.15. The van der Waals surface area contributed by atoms with Gasteiger partial charge in [0.2, 0.25) is 5.91 Å². The molecular weight excluding hydrogens is 354 g/mol. The lowest BCUT2D eigenvalue weighted by Gasteiger charge is -2.10. The van der Waals surface area contributed by atoms with Crippen LogP contribution >= 0.6 is 11.6 Å². The van der Waals surface area contributed by atoms with Gasteiger partial charge in [0.05, 0.1) is 17.4 Å². The first-order valence-electron chi connectivity index (χ1n) is 7.91. The third kappa shape index (κ3) is 2.62. The molecule has 7 nitrogen and oxygen atoms in total. The molecule has 0 fully saturated rings.